The molecule has 1 aliphatic rings. The van der Waals surface area contributed by atoms with Crippen molar-refractivity contribution < 1.29 is 19.5 Å². The molecule has 4 rings (SSSR count). The second kappa shape index (κ2) is 9.38. The van der Waals surface area contributed by atoms with E-state index < -0.39 is 17.4 Å². The minimum Gasteiger partial charge on any atom is -0.480 e. The van der Waals surface area contributed by atoms with Crippen molar-refractivity contribution in [3.8, 4) is 11.1 Å². The Hall–Kier alpha value is -3.15. The van der Waals surface area contributed by atoms with Crippen LogP contribution in [0, 0.1) is 0 Å². The zero-order valence-corrected chi connectivity index (χ0v) is 19.1. The summed E-state index contributed by atoms with van der Waals surface area (Å²) in [6, 6.07) is 19.9. The van der Waals surface area contributed by atoms with Crippen LogP contribution in [-0.4, -0.2) is 28.3 Å². The monoisotopic (exact) mass is 481 g/mol. The summed E-state index contributed by atoms with van der Waals surface area (Å²) < 4.78 is 0. The number of hydrogen-bond donors (Lipinski definition) is 2. The van der Waals surface area contributed by atoms with Gasteiger partial charge in [-0.2, -0.15) is 0 Å². The van der Waals surface area contributed by atoms with Crippen LogP contribution in [0.5, 0.6) is 0 Å². The number of amides is 1. The van der Waals surface area contributed by atoms with Gasteiger partial charge in [0.05, 0.1) is 10.0 Å². The standard InChI is InChI=1S/C26H21Cl2NO4/c27-22-10-3-17(15-23(22)28)14-21(30)13-16-1-4-18(5-2-16)19-6-8-20(9-7-19)24(31)29-26(11-12-26)25(32)33/h1-10,15H,11-14H2,(H,29,31)(H,32,33). The third kappa shape index (κ3) is 5.44. The zero-order chi connectivity index (χ0) is 23.6. The largest absolute Gasteiger partial charge is 0.480 e. The van der Waals surface area contributed by atoms with Gasteiger partial charge in [-0.1, -0.05) is 65.7 Å². The summed E-state index contributed by atoms with van der Waals surface area (Å²) in [5.74, 6) is -1.31. The molecule has 0 spiro atoms. The van der Waals surface area contributed by atoms with E-state index in [4.69, 9.17) is 23.2 Å². The lowest BCUT2D eigenvalue weighted by molar-refractivity contribution is -0.140. The summed E-state index contributed by atoms with van der Waals surface area (Å²) in [5, 5.41) is 12.7. The molecule has 0 atom stereocenters. The number of rotatable bonds is 8. The highest BCUT2D eigenvalue weighted by Gasteiger charge is 2.51. The zero-order valence-electron chi connectivity index (χ0n) is 17.6. The molecule has 3 aromatic carbocycles. The molecule has 5 nitrogen and oxygen atoms in total. The number of hydrogen-bond acceptors (Lipinski definition) is 3. The molecule has 0 saturated heterocycles. The quantitative estimate of drug-likeness (QED) is 0.453. The highest BCUT2D eigenvalue weighted by molar-refractivity contribution is 6.42. The molecular weight excluding hydrogens is 461 g/mol. The maximum Gasteiger partial charge on any atom is 0.329 e. The molecular formula is C26H21Cl2NO4. The smallest absolute Gasteiger partial charge is 0.329 e. The lowest BCUT2D eigenvalue weighted by Gasteiger charge is -2.12. The Labute approximate surface area is 201 Å². The number of carboxylic acids is 1. The summed E-state index contributed by atoms with van der Waals surface area (Å²) in [6.07, 6.45) is 1.50. The maximum atomic E-state index is 12.4. The first-order valence-electron chi connectivity index (χ1n) is 10.5. The van der Waals surface area contributed by atoms with Gasteiger partial charge in [-0.05, 0) is 59.4 Å². The topological polar surface area (TPSA) is 83.5 Å². The van der Waals surface area contributed by atoms with Crippen LogP contribution < -0.4 is 5.32 Å². The van der Waals surface area contributed by atoms with Gasteiger partial charge in [-0.15, -0.1) is 0 Å². The van der Waals surface area contributed by atoms with Crippen molar-refractivity contribution in [3.05, 3.63) is 93.5 Å². The lowest BCUT2D eigenvalue weighted by atomic mass is 9.99. The number of carboxylic acid groups (broad SMARTS) is 1. The van der Waals surface area contributed by atoms with Gasteiger partial charge in [-0.25, -0.2) is 4.79 Å². The van der Waals surface area contributed by atoms with Crippen molar-refractivity contribution in [3.63, 3.8) is 0 Å². The highest BCUT2D eigenvalue weighted by Crippen LogP contribution is 2.35. The molecule has 0 bridgehead atoms. The SMILES string of the molecule is O=C(Cc1ccc(-c2ccc(C(=O)NC3(C(=O)O)CC3)cc2)cc1)Cc1ccc(Cl)c(Cl)c1. The van der Waals surface area contributed by atoms with Crippen LogP contribution in [-0.2, 0) is 22.4 Å². The molecule has 1 saturated carbocycles. The Morgan fingerprint density at radius 1 is 0.788 bits per heavy atom. The number of nitrogens with one attached hydrogen (secondary N) is 1. The predicted octanol–water partition coefficient (Wildman–Crippen LogP) is 5.36. The summed E-state index contributed by atoms with van der Waals surface area (Å²) >= 11 is 11.9. The van der Waals surface area contributed by atoms with Crippen LogP contribution in [0.25, 0.3) is 11.1 Å². The minimum atomic E-state index is -1.11. The van der Waals surface area contributed by atoms with E-state index in [0.29, 0.717) is 34.9 Å². The second-order valence-corrected chi connectivity index (χ2v) is 9.07. The molecule has 0 unspecified atom stereocenters. The molecule has 0 heterocycles. The van der Waals surface area contributed by atoms with Crippen molar-refractivity contribution in [2.45, 2.75) is 31.2 Å². The maximum absolute atomic E-state index is 12.4. The number of Topliss-reactive ketones (excluding diaryl/α,β-unsaturated/α-hetero) is 1. The Balaban J connectivity index is 1.36. The van der Waals surface area contributed by atoms with E-state index >= 15 is 0 Å². The molecule has 33 heavy (non-hydrogen) atoms. The number of halogens is 2. The van der Waals surface area contributed by atoms with Crippen molar-refractivity contribution in [2.75, 3.05) is 0 Å². The predicted molar refractivity (Wildman–Crippen MR) is 128 cm³/mol. The van der Waals surface area contributed by atoms with Gasteiger partial charge in [0, 0.05) is 18.4 Å². The summed E-state index contributed by atoms with van der Waals surface area (Å²) in [6.45, 7) is 0. The second-order valence-electron chi connectivity index (χ2n) is 8.26. The van der Waals surface area contributed by atoms with Gasteiger partial charge >= 0.3 is 5.97 Å². The number of ketones is 1. The summed E-state index contributed by atoms with van der Waals surface area (Å²) in [7, 11) is 0. The normalized spacial score (nSPS) is 13.9. The van der Waals surface area contributed by atoms with E-state index in [2.05, 4.69) is 5.32 Å². The average Bonchev–Trinajstić information content (AvgIpc) is 3.58. The average molecular weight is 482 g/mol. The van der Waals surface area contributed by atoms with Crippen LogP contribution >= 0.6 is 23.2 Å². The van der Waals surface area contributed by atoms with Gasteiger partial charge in [0.15, 0.2) is 0 Å². The van der Waals surface area contributed by atoms with E-state index in [9.17, 15) is 19.5 Å². The third-order valence-electron chi connectivity index (χ3n) is 5.73. The van der Waals surface area contributed by atoms with Gasteiger partial charge in [0.25, 0.3) is 5.91 Å². The van der Waals surface area contributed by atoms with Crippen LogP contribution in [0.3, 0.4) is 0 Å². The molecule has 7 heteroatoms. The molecule has 2 N–H and O–H groups in total. The van der Waals surface area contributed by atoms with Crippen LogP contribution in [0.1, 0.15) is 34.3 Å². The fourth-order valence-electron chi connectivity index (χ4n) is 3.60. The molecule has 1 aliphatic carbocycles. The fourth-order valence-corrected chi connectivity index (χ4v) is 3.92. The fraction of sp³-hybridized carbons (Fsp3) is 0.192. The summed E-state index contributed by atoms with van der Waals surface area (Å²) in [4.78, 5) is 36.0. The van der Waals surface area contributed by atoms with E-state index in [-0.39, 0.29) is 12.2 Å². The van der Waals surface area contributed by atoms with Crippen LogP contribution in [0.15, 0.2) is 66.7 Å². The lowest BCUT2D eigenvalue weighted by Crippen LogP contribution is -2.43. The molecule has 0 aliphatic heterocycles. The third-order valence-corrected chi connectivity index (χ3v) is 6.47. The first-order chi connectivity index (χ1) is 15.8. The number of carbonyl (C=O) groups is 3. The number of aliphatic carboxylic acids is 1. The van der Waals surface area contributed by atoms with Crippen molar-refractivity contribution in [2.24, 2.45) is 0 Å². The van der Waals surface area contributed by atoms with Gasteiger partial charge in [0.1, 0.15) is 11.3 Å². The summed E-state index contributed by atoms with van der Waals surface area (Å²) in [5.41, 5.74) is 2.90. The van der Waals surface area contributed by atoms with Crippen molar-refractivity contribution in [1.82, 2.24) is 5.32 Å². The van der Waals surface area contributed by atoms with Crippen molar-refractivity contribution in [1.29, 1.82) is 0 Å². The van der Waals surface area contributed by atoms with Crippen LogP contribution in [0.2, 0.25) is 10.0 Å². The minimum absolute atomic E-state index is 0.0753. The first-order valence-corrected chi connectivity index (χ1v) is 11.2. The van der Waals surface area contributed by atoms with E-state index in [0.717, 1.165) is 22.3 Å². The molecule has 0 aromatic heterocycles. The molecule has 1 fully saturated rings. The Morgan fingerprint density at radius 3 is 1.88 bits per heavy atom. The number of carbonyl (C=O) groups excluding carboxylic acids is 2. The Morgan fingerprint density at radius 2 is 1.33 bits per heavy atom. The van der Waals surface area contributed by atoms with Gasteiger partial charge < -0.3 is 10.4 Å². The van der Waals surface area contributed by atoms with Crippen LogP contribution in [0.4, 0.5) is 0 Å². The molecule has 168 valence electrons. The van der Waals surface area contributed by atoms with E-state index in [1.54, 1.807) is 30.3 Å². The van der Waals surface area contributed by atoms with Gasteiger partial charge in [-0.3, -0.25) is 9.59 Å². The van der Waals surface area contributed by atoms with Crippen molar-refractivity contribution >= 4 is 40.9 Å². The first kappa shape index (κ1) is 23.0. The van der Waals surface area contributed by atoms with E-state index in [1.165, 1.54) is 0 Å². The molecule has 0 radical (unpaired) electrons. The van der Waals surface area contributed by atoms with Gasteiger partial charge in [0.2, 0.25) is 0 Å². The Bertz CT molecular complexity index is 1220. The molecule has 3 aromatic rings. The number of benzene rings is 3. The van der Waals surface area contributed by atoms with E-state index in [1.807, 2.05) is 36.4 Å². The molecule has 1 amide bonds. The highest BCUT2D eigenvalue weighted by atomic mass is 35.5. The Kier molecular flexibility index (Phi) is 6.54.